The fraction of sp³-hybridized carbons (Fsp3) is 0.538. The molecule has 0 saturated heterocycles. The van der Waals surface area contributed by atoms with Crippen LogP contribution in [-0.4, -0.2) is 36.6 Å². The molecule has 2 unspecified atom stereocenters. The number of alkyl halides is 1. The Balaban J connectivity index is 2.42. The first-order valence-electron chi connectivity index (χ1n) is 6.41. The van der Waals surface area contributed by atoms with E-state index in [1.807, 2.05) is 6.07 Å². The van der Waals surface area contributed by atoms with Crippen LogP contribution in [0.25, 0.3) is 11.2 Å². The van der Waals surface area contributed by atoms with Gasteiger partial charge in [-0.1, -0.05) is 11.6 Å². The number of pyridine rings is 1. The van der Waals surface area contributed by atoms with Crippen LogP contribution in [0.4, 0.5) is 0 Å². The van der Waals surface area contributed by atoms with Crippen LogP contribution in [0.15, 0.2) is 12.3 Å². The van der Waals surface area contributed by atoms with Crippen molar-refractivity contribution < 1.29 is 4.21 Å². The molecule has 4 nitrogen and oxygen atoms in total. The van der Waals surface area contributed by atoms with Crippen molar-refractivity contribution in [1.29, 1.82) is 0 Å². The van der Waals surface area contributed by atoms with Gasteiger partial charge >= 0.3 is 0 Å². The van der Waals surface area contributed by atoms with Gasteiger partial charge in [0.1, 0.15) is 11.3 Å². The van der Waals surface area contributed by atoms with Crippen LogP contribution >= 0.6 is 23.2 Å². The van der Waals surface area contributed by atoms with E-state index in [0.29, 0.717) is 23.1 Å². The van der Waals surface area contributed by atoms with Crippen LogP contribution in [0.2, 0.25) is 5.02 Å². The molecule has 20 heavy (non-hydrogen) atoms. The molecule has 0 fully saturated rings. The third-order valence-corrected chi connectivity index (χ3v) is 4.36. The molecule has 7 heteroatoms. The Kier molecular flexibility index (Phi) is 5.41. The first kappa shape index (κ1) is 15.7. The summed E-state index contributed by atoms with van der Waals surface area (Å²) >= 11 is 11.8. The number of imidazole rings is 1. The summed E-state index contributed by atoms with van der Waals surface area (Å²) in [6.45, 7) is 2.09. The maximum atomic E-state index is 11.3. The molecule has 2 aromatic rings. The Labute approximate surface area is 131 Å². The topological polar surface area (TPSA) is 47.8 Å². The molecule has 0 saturated carbocycles. The van der Waals surface area contributed by atoms with Crippen molar-refractivity contribution in [2.75, 3.05) is 17.9 Å². The Bertz CT molecular complexity index is 629. The number of aromatic nitrogens is 3. The van der Waals surface area contributed by atoms with Crippen molar-refractivity contribution in [1.82, 2.24) is 14.5 Å². The summed E-state index contributed by atoms with van der Waals surface area (Å²) in [5, 5.41) is 0.571. The van der Waals surface area contributed by atoms with Crippen LogP contribution in [0.5, 0.6) is 0 Å². The summed E-state index contributed by atoms with van der Waals surface area (Å²) < 4.78 is 13.4. The molecule has 0 N–H and O–H groups in total. The zero-order valence-corrected chi connectivity index (χ0v) is 13.8. The molecule has 0 aliphatic carbocycles. The highest BCUT2D eigenvalue weighted by Crippen LogP contribution is 2.24. The summed E-state index contributed by atoms with van der Waals surface area (Å²) in [5.41, 5.74) is 1.59. The molecule has 2 aromatic heterocycles. The molecule has 0 spiro atoms. The van der Waals surface area contributed by atoms with Gasteiger partial charge in [0.05, 0.1) is 5.02 Å². The van der Waals surface area contributed by atoms with Crippen molar-refractivity contribution in [3.63, 3.8) is 0 Å². The number of hydrogen-bond acceptors (Lipinski definition) is 3. The number of aryl methyl sites for hydroxylation is 1. The largest absolute Gasteiger partial charge is 0.310 e. The van der Waals surface area contributed by atoms with E-state index in [2.05, 4.69) is 21.5 Å². The fourth-order valence-corrected chi connectivity index (χ4v) is 3.19. The predicted octanol–water partition coefficient (Wildman–Crippen LogP) is 3.20. The summed E-state index contributed by atoms with van der Waals surface area (Å²) in [4.78, 5) is 8.95. The number of hydrogen-bond donors (Lipinski definition) is 0. The Morgan fingerprint density at radius 1 is 1.50 bits per heavy atom. The SMILES string of the molecule is CC(CCS(C)=O)n1c(CCCl)nc2cc(Cl)cnc21. The lowest BCUT2D eigenvalue weighted by molar-refractivity contribution is 0.522. The Hall–Kier alpha value is -0.650. The second-order valence-corrected chi connectivity index (χ2v) is 7.12. The third kappa shape index (κ3) is 3.51. The van der Waals surface area contributed by atoms with E-state index >= 15 is 0 Å². The van der Waals surface area contributed by atoms with Crippen molar-refractivity contribution in [3.8, 4) is 0 Å². The van der Waals surface area contributed by atoms with E-state index in [9.17, 15) is 4.21 Å². The van der Waals surface area contributed by atoms with Gasteiger partial charge in [0.15, 0.2) is 5.65 Å². The minimum atomic E-state index is -0.797. The molecule has 110 valence electrons. The molecule has 0 amide bonds. The molecular weight excluding hydrogens is 317 g/mol. The lowest BCUT2D eigenvalue weighted by Gasteiger charge is -2.16. The highest BCUT2D eigenvalue weighted by Gasteiger charge is 2.17. The summed E-state index contributed by atoms with van der Waals surface area (Å²) in [7, 11) is -0.797. The lowest BCUT2D eigenvalue weighted by Crippen LogP contribution is -2.13. The summed E-state index contributed by atoms with van der Waals surface area (Å²) in [5.74, 6) is 2.07. The maximum absolute atomic E-state index is 11.3. The minimum absolute atomic E-state index is 0.177. The average molecular weight is 334 g/mol. The quantitative estimate of drug-likeness (QED) is 0.762. The minimum Gasteiger partial charge on any atom is -0.310 e. The number of halogens is 2. The first-order valence-corrected chi connectivity index (χ1v) is 9.05. The predicted molar refractivity (Wildman–Crippen MR) is 85.2 cm³/mol. The molecule has 2 atom stereocenters. The molecule has 0 radical (unpaired) electrons. The molecule has 0 bridgehead atoms. The number of rotatable bonds is 6. The van der Waals surface area contributed by atoms with E-state index in [1.54, 1.807) is 12.5 Å². The molecule has 0 aliphatic rings. The van der Waals surface area contributed by atoms with Crippen LogP contribution in [0.1, 0.15) is 25.2 Å². The van der Waals surface area contributed by atoms with Gasteiger partial charge in [-0.3, -0.25) is 4.21 Å². The van der Waals surface area contributed by atoms with E-state index in [1.165, 1.54) is 0 Å². The Morgan fingerprint density at radius 2 is 2.25 bits per heavy atom. The third-order valence-electron chi connectivity index (χ3n) is 3.15. The standard InChI is InChI=1S/C13H17Cl2N3OS/c1-9(4-6-20(2)19)18-12(3-5-14)17-11-7-10(15)8-16-13(11)18/h7-9H,3-6H2,1-2H3. The average Bonchev–Trinajstić information content (AvgIpc) is 2.73. The molecular formula is C13H17Cl2N3OS. The van der Waals surface area contributed by atoms with Gasteiger partial charge in [-0.05, 0) is 19.4 Å². The van der Waals surface area contributed by atoms with Gasteiger partial charge < -0.3 is 4.57 Å². The van der Waals surface area contributed by atoms with E-state index in [4.69, 9.17) is 23.2 Å². The normalized spacial score (nSPS) is 14.6. The van der Waals surface area contributed by atoms with Gasteiger partial charge in [0.2, 0.25) is 0 Å². The van der Waals surface area contributed by atoms with Gasteiger partial charge in [-0.25, -0.2) is 9.97 Å². The van der Waals surface area contributed by atoms with E-state index in [-0.39, 0.29) is 6.04 Å². The van der Waals surface area contributed by atoms with Crippen LogP contribution < -0.4 is 0 Å². The number of nitrogens with zero attached hydrogens (tertiary/aromatic N) is 3. The van der Waals surface area contributed by atoms with Crippen molar-refractivity contribution in [2.45, 2.75) is 25.8 Å². The van der Waals surface area contributed by atoms with Crippen LogP contribution in [0.3, 0.4) is 0 Å². The molecule has 0 aromatic carbocycles. The first-order chi connectivity index (χ1) is 9.52. The van der Waals surface area contributed by atoms with E-state index < -0.39 is 10.8 Å². The van der Waals surface area contributed by atoms with Gasteiger partial charge in [-0.2, -0.15) is 0 Å². The summed E-state index contributed by atoms with van der Waals surface area (Å²) in [6.07, 6.45) is 4.83. The van der Waals surface area contributed by atoms with Crippen LogP contribution in [0, 0.1) is 0 Å². The highest BCUT2D eigenvalue weighted by molar-refractivity contribution is 7.84. The van der Waals surface area contributed by atoms with Gasteiger partial charge in [-0.15, -0.1) is 11.6 Å². The molecule has 2 rings (SSSR count). The second-order valence-electron chi connectivity index (χ2n) is 4.75. The van der Waals surface area contributed by atoms with Crippen molar-refractivity contribution in [2.24, 2.45) is 0 Å². The second kappa shape index (κ2) is 6.87. The lowest BCUT2D eigenvalue weighted by atomic mass is 10.2. The van der Waals surface area contributed by atoms with E-state index in [0.717, 1.165) is 23.4 Å². The Morgan fingerprint density at radius 3 is 2.90 bits per heavy atom. The molecule has 0 aliphatic heterocycles. The highest BCUT2D eigenvalue weighted by atomic mass is 35.5. The van der Waals surface area contributed by atoms with Gasteiger partial charge in [0, 0.05) is 47.3 Å². The molecule has 2 heterocycles. The van der Waals surface area contributed by atoms with Gasteiger partial charge in [0.25, 0.3) is 0 Å². The van der Waals surface area contributed by atoms with Crippen molar-refractivity contribution >= 4 is 45.2 Å². The number of fused-ring (bicyclic) bond motifs is 1. The monoisotopic (exact) mass is 333 g/mol. The summed E-state index contributed by atoms with van der Waals surface area (Å²) in [6, 6.07) is 1.99. The maximum Gasteiger partial charge on any atom is 0.160 e. The fourth-order valence-electron chi connectivity index (χ4n) is 2.19. The zero-order chi connectivity index (χ0) is 14.7. The zero-order valence-electron chi connectivity index (χ0n) is 11.5. The van der Waals surface area contributed by atoms with Crippen molar-refractivity contribution in [3.05, 3.63) is 23.1 Å². The van der Waals surface area contributed by atoms with Crippen LogP contribution in [-0.2, 0) is 17.2 Å². The smallest absolute Gasteiger partial charge is 0.160 e.